The van der Waals surface area contributed by atoms with Gasteiger partial charge in [0, 0.05) is 34.6 Å². The van der Waals surface area contributed by atoms with Gasteiger partial charge in [-0.2, -0.15) is 13.0 Å². The fourth-order valence-corrected chi connectivity index (χ4v) is 8.70. The SMILES string of the molecule is CCCCON1C(=CC=C2CCCC(C=CC3=[N+](CCCCS(=O)(=O)O)c4ccc5ccccc5c4C3(C)C)=C2Cl)C(C)(C)c2ccccc21. The molecule has 0 atom stereocenters. The molecule has 0 fully saturated rings. The fraction of sp³-hybridized carbons (Fsp3) is 0.405. The van der Waals surface area contributed by atoms with Gasteiger partial charge in [-0.25, -0.2) is 5.06 Å². The lowest BCUT2D eigenvalue weighted by molar-refractivity contribution is -0.438. The van der Waals surface area contributed by atoms with Crippen molar-refractivity contribution in [3.63, 3.8) is 0 Å². The molecule has 0 saturated heterocycles. The Bertz CT molecular complexity index is 2050. The summed E-state index contributed by atoms with van der Waals surface area (Å²) in [4.78, 5) is 6.37. The molecule has 0 bridgehead atoms. The normalized spacial score (nSPS) is 20.2. The molecule has 0 unspecified atom stereocenters. The number of hydrogen-bond acceptors (Lipinski definition) is 4. The largest absolute Gasteiger partial charge is 0.286 e. The number of hydroxylamine groups is 1. The van der Waals surface area contributed by atoms with Crippen molar-refractivity contribution in [2.45, 2.75) is 90.4 Å². The second-order valence-electron chi connectivity index (χ2n) is 14.7. The standard InChI is InChI=1S/C42H49ClN2O4S/c1-6-7-28-49-45-35-20-11-10-19-34(35)41(2,3)38(45)26-23-32-17-14-16-31(40(32)43)22-25-37-42(4,5)39-33-18-9-8-15-30(33)21-24-36(39)44(37)27-12-13-29-50(46,47)48/h8-11,15,18-26H,6-7,12-14,16-17,27-29H2,1-5H3/p+1. The third-order valence-corrected chi connectivity index (χ3v) is 11.8. The number of halogens is 1. The van der Waals surface area contributed by atoms with Gasteiger partial charge >= 0.3 is 0 Å². The maximum atomic E-state index is 11.4. The van der Waals surface area contributed by atoms with Crippen molar-refractivity contribution < 1.29 is 22.4 Å². The van der Waals surface area contributed by atoms with E-state index in [1.807, 2.05) is 5.06 Å². The molecule has 3 aromatic carbocycles. The molecule has 0 amide bonds. The van der Waals surface area contributed by atoms with Crippen LogP contribution in [0, 0.1) is 0 Å². The van der Waals surface area contributed by atoms with Crippen LogP contribution < -0.4 is 5.06 Å². The van der Waals surface area contributed by atoms with Crippen molar-refractivity contribution in [2.75, 3.05) is 24.0 Å². The second-order valence-corrected chi connectivity index (χ2v) is 16.7. The Morgan fingerprint density at radius 2 is 1.68 bits per heavy atom. The number of nitrogens with zero attached hydrogens (tertiary/aromatic N) is 2. The van der Waals surface area contributed by atoms with E-state index in [1.165, 1.54) is 21.9 Å². The number of fused-ring (bicyclic) bond motifs is 4. The van der Waals surface area contributed by atoms with Gasteiger partial charge in [0.2, 0.25) is 5.69 Å². The molecule has 3 aliphatic rings. The van der Waals surface area contributed by atoms with Crippen LogP contribution >= 0.6 is 11.6 Å². The summed E-state index contributed by atoms with van der Waals surface area (Å²) in [5, 5.41) is 5.24. The molecule has 264 valence electrons. The van der Waals surface area contributed by atoms with E-state index in [0.29, 0.717) is 26.0 Å². The summed E-state index contributed by atoms with van der Waals surface area (Å²) in [7, 11) is -4.00. The van der Waals surface area contributed by atoms with Crippen LogP contribution in [0.4, 0.5) is 11.4 Å². The van der Waals surface area contributed by atoms with Crippen LogP contribution in [-0.2, 0) is 25.8 Å². The summed E-state index contributed by atoms with van der Waals surface area (Å²) in [6.07, 6.45) is 14.7. The van der Waals surface area contributed by atoms with E-state index in [1.54, 1.807) is 0 Å². The van der Waals surface area contributed by atoms with Crippen LogP contribution in [0.3, 0.4) is 0 Å². The first-order valence-electron chi connectivity index (χ1n) is 18.0. The monoisotopic (exact) mass is 713 g/mol. The number of para-hydroxylation sites is 1. The van der Waals surface area contributed by atoms with Gasteiger partial charge in [-0.05, 0) is 91.6 Å². The first-order chi connectivity index (χ1) is 23.8. The summed E-state index contributed by atoms with van der Waals surface area (Å²) in [5.41, 5.74) is 8.73. The van der Waals surface area contributed by atoms with Crippen LogP contribution in [0.2, 0.25) is 0 Å². The Kier molecular flexibility index (Phi) is 10.6. The predicted molar refractivity (Wildman–Crippen MR) is 207 cm³/mol. The fourth-order valence-electron chi connectivity index (χ4n) is 7.81. The Hall–Kier alpha value is -3.49. The van der Waals surface area contributed by atoms with Crippen molar-refractivity contribution in [1.29, 1.82) is 0 Å². The highest BCUT2D eigenvalue weighted by atomic mass is 35.5. The number of allylic oxidation sites excluding steroid dienone is 8. The Morgan fingerprint density at radius 3 is 2.46 bits per heavy atom. The lowest BCUT2D eigenvalue weighted by atomic mass is 9.79. The Balaban J connectivity index is 1.34. The minimum Gasteiger partial charge on any atom is -0.286 e. The molecule has 6 nitrogen and oxygen atoms in total. The topological polar surface area (TPSA) is 69.8 Å². The molecule has 8 heteroatoms. The maximum absolute atomic E-state index is 11.4. The lowest BCUT2D eigenvalue weighted by Gasteiger charge is -2.26. The van der Waals surface area contributed by atoms with Gasteiger partial charge in [-0.3, -0.25) is 9.39 Å². The van der Waals surface area contributed by atoms with Crippen molar-refractivity contribution in [2.24, 2.45) is 0 Å². The number of unbranched alkanes of at least 4 members (excludes halogenated alkanes) is 2. The highest BCUT2D eigenvalue weighted by Crippen LogP contribution is 2.48. The van der Waals surface area contributed by atoms with Crippen LogP contribution in [0.5, 0.6) is 0 Å². The molecule has 2 heterocycles. The summed E-state index contributed by atoms with van der Waals surface area (Å²) in [5.74, 6) is -0.236. The van der Waals surface area contributed by atoms with Crippen LogP contribution in [0.1, 0.15) is 90.7 Å². The van der Waals surface area contributed by atoms with Gasteiger partial charge in [0.1, 0.15) is 6.54 Å². The highest BCUT2D eigenvalue weighted by Gasteiger charge is 2.45. The van der Waals surface area contributed by atoms with Gasteiger partial charge in [0.15, 0.2) is 5.71 Å². The van der Waals surface area contributed by atoms with Gasteiger partial charge in [-0.1, -0.05) is 93.4 Å². The van der Waals surface area contributed by atoms with E-state index < -0.39 is 10.1 Å². The maximum Gasteiger partial charge on any atom is 0.264 e. The van der Waals surface area contributed by atoms with Crippen molar-refractivity contribution in [3.05, 3.63) is 118 Å². The van der Waals surface area contributed by atoms with Crippen molar-refractivity contribution in [3.8, 4) is 0 Å². The summed E-state index contributed by atoms with van der Waals surface area (Å²) in [6.45, 7) is 12.5. The van der Waals surface area contributed by atoms with Gasteiger partial charge in [0.25, 0.3) is 10.1 Å². The lowest BCUT2D eigenvalue weighted by Crippen LogP contribution is -2.28. The van der Waals surface area contributed by atoms with E-state index >= 15 is 0 Å². The number of benzene rings is 3. The Morgan fingerprint density at radius 1 is 0.920 bits per heavy atom. The summed E-state index contributed by atoms with van der Waals surface area (Å²) in [6, 6.07) is 21.3. The molecule has 3 aromatic rings. The smallest absolute Gasteiger partial charge is 0.264 e. The van der Waals surface area contributed by atoms with E-state index in [0.717, 1.165) is 71.1 Å². The zero-order valence-corrected chi connectivity index (χ0v) is 31.6. The van der Waals surface area contributed by atoms with Crippen LogP contribution in [-0.4, -0.2) is 42.2 Å². The molecule has 50 heavy (non-hydrogen) atoms. The van der Waals surface area contributed by atoms with Crippen LogP contribution in [0.25, 0.3) is 10.8 Å². The van der Waals surface area contributed by atoms with Gasteiger partial charge in [-0.15, -0.1) is 0 Å². The van der Waals surface area contributed by atoms with E-state index in [4.69, 9.17) is 16.4 Å². The zero-order valence-electron chi connectivity index (χ0n) is 30.0. The minimum atomic E-state index is -4.00. The van der Waals surface area contributed by atoms with Gasteiger partial charge < -0.3 is 0 Å². The number of rotatable bonds is 12. The molecule has 2 aliphatic heterocycles. The molecule has 0 saturated carbocycles. The van der Waals surface area contributed by atoms with Crippen molar-refractivity contribution >= 4 is 49.6 Å². The quantitative estimate of drug-likeness (QED) is 0.115. The molecule has 0 spiro atoms. The number of hydrogen-bond donors (Lipinski definition) is 1. The first kappa shape index (κ1) is 36.3. The molecule has 0 aromatic heterocycles. The first-order valence-corrected chi connectivity index (χ1v) is 20.0. The van der Waals surface area contributed by atoms with Gasteiger partial charge in [0.05, 0.1) is 29.2 Å². The molecule has 1 aliphatic carbocycles. The summed E-state index contributed by atoms with van der Waals surface area (Å²) >= 11 is 7.22. The van der Waals surface area contributed by atoms with E-state index in [-0.39, 0.29) is 16.6 Å². The van der Waals surface area contributed by atoms with Crippen molar-refractivity contribution in [1.82, 2.24) is 0 Å². The summed E-state index contributed by atoms with van der Waals surface area (Å²) < 4.78 is 34.5. The average Bonchev–Trinajstić information content (AvgIpc) is 3.43. The highest BCUT2D eigenvalue weighted by molar-refractivity contribution is 7.85. The molecule has 6 rings (SSSR count). The molecular weight excluding hydrogens is 664 g/mol. The second kappa shape index (κ2) is 14.6. The van der Waals surface area contributed by atoms with E-state index in [2.05, 4.69) is 124 Å². The van der Waals surface area contributed by atoms with E-state index in [9.17, 15) is 13.0 Å². The van der Waals surface area contributed by atoms with Crippen LogP contribution in [0.15, 0.2) is 107 Å². The molecule has 1 N–H and O–H groups in total. The Labute approximate surface area is 303 Å². The molecular formula is C42H50ClN2O4S+. The molecule has 0 radical (unpaired) electrons. The average molecular weight is 714 g/mol. The third kappa shape index (κ3) is 7.16. The predicted octanol–water partition coefficient (Wildman–Crippen LogP) is 10.5. The minimum absolute atomic E-state index is 0.220. The number of anilines is 1. The zero-order chi connectivity index (χ0) is 35.7. The third-order valence-electron chi connectivity index (χ3n) is 10.5.